The molecular formula is C32H27N3O4. The predicted molar refractivity (Wildman–Crippen MR) is 146 cm³/mol. The van der Waals surface area contributed by atoms with Gasteiger partial charge in [0.1, 0.15) is 23.9 Å². The van der Waals surface area contributed by atoms with Gasteiger partial charge in [0.15, 0.2) is 0 Å². The maximum Gasteiger partial charge on any atom is 0.304 e. The number of fused-ring (bicyclic) bond motifs is 2. The second-order valence-electron chi connectivity index (χ2n) is 10.2. The highest BCUT2D eigenvalue weighted by Gasteiger charge is 2.31. The van der Waals surface area contributed by atoms with Gasteiger partial charge < -0.3 is 14.6 Å². The van der Waals surface area contributed by atoms with Crippen molar-refractivity contribution in [3.8, 4) is 39.8 Å². The van der Waals surface area contributed by atoms with E-state index in [0.717, 1.165) is 62.9 Å². The van der Waals surface area contributed by atoms with Gasteiger partial charge in [0.25, 0.3) is 0 Å². The van der Waals surface area contributed by atoms with Crippen molar-refractivity contribution in [3.63, 3.8) is 0 Å². The first-order chi connectivity index (χ1) is 18.9. The summed E-state index contributed by atoms with van der Waals surface area (Å²) in [5, 5.41) is 19.2. The molecule has 1 aromatic heterocycles. The summed E-state index contributed by atoms with van der Waals surface area (Å²) in [6, 6.07) is 16.3. The third-order valence-corrected chi connectivity index (χ3v) is 7.71. The number of hydrogen-bond acceptors (Lipinski definition) is 6. The number of aryl methyl sites for hydroxylation is 2. The first kappa shape index (κ1) is 24.6. The molecule has 0 fully saturated rings. The number of carboxylic acid groups (broad SMARTS) is 1. The molecule has 6 rings (SSSR count). The van der Waals surface area contributed by atoms with Crippen LogP contribution in [-0.4, -0.2) is 27.7 Å². The average Bonchev–Trinajstić information content (AvgIpc) is 3.52. The van der Waals surface area contributed by atoms with Gasteiger partial charge in [-0.25, -0.2) is 9.97 Å². The van der Waals surface area contributed by atoms with E-state index >= 15 is 0 Å². The zero-order chi connectivity index (χ0) is 27.1. The zero-order valence-corrected chi connectivity index (χ0v) is 21.8. The number of aromatic nitrogens is 2. The van der Waals surface area contributed by atoms with Gasteiger partial charge in [0.2, 0.25) is 0 Å². The van der Waals surface area contributed by atoms with Crippen LogP contribution >= 0.6 is 0 Å². The lowest BCUT2D eigenvalue weighted by molar-refractivity contribution is -0.137. The lowest BCUT2D eigenvalue weighted by Crippen LogP contribution is -2.07. The van der Waals surface area contributed by atoms with Crippen molar-refractivity contribution in [2.75, 3.05) is 6.61 Å². The van der Waals surface area contributed by atoms with Crippen LogP contribution in [0.25, 0.3) is 22.3 Å². The normalized spacial score (nSPS) is 17.2. The average molecular weight is 518 g/mol. The summed E-state index contributed by atoms with van der Waals surface area (Å²) in [5.41, 5.74) is 10.1. The van der Waals surface area contributed by atoms with Gasteiger partial charge in [-0.15, -0.1) is 0 Å². The van der Waals surface area contributed by atoms with Crippen LogP contribution in [0.15, 0.2) is 61.2 Å². The highest BCUT2D eigenvalue weighted by atomic mass is 16.5. The first-order valence-corrected chi connectivity index (χ1v) is 13.0. The Bertz CT molecular complexity index is 1620. The molecule has 1 N–H and O–H groups in total. The molecule has 39 heavy (non-hydrogen) atoms. The second kappa shape index (κ2) is 9.88. The van der Waals surface area contributed by atoms with Crippen LogP contribution in [0.2, 0.25) is 0 Å². The maximum absolute atomic E-state index is 11.2. The van der Waals surface area contributed by atoms with Crippen molar-refractivity contribution in [1.82, 2.24) is 9.97 Å². The number of benzene rings is 3. The number of carbonyl (C=O) groups is 1. The molecule has 194 valence electrons. The van der Waals surface area contributed by atoms with Crippen LogP contribution in [0.3, 0.4) is 0 Å². The van der Waals surface area contributed by atoms with Crippen molar-refractivity contribution in [3.05, 3.63) is 94.6 Å². The van der Waals surface area contributed by atoms with Crippen LogP contribution in [0.4, 0.5) is 0 Å². The Kier molecular flexibility index (Phi) is 6.24. The van der Waals surface area contributed by atoms with Gasteiger partial charge in [0, 0.05) is 41.1 Å². The fraction of sp³-hybridized carbons (Fsp3) is 0.250. The lowest BCUT2D eigenvalue weighted by Gasteiger charge is -2.19. The molecule has 4 aromatic rings. The number of nitriles is 1. The van der Waals surface area contributed by atoms with Crippen LogP contribution in [0, 0.1) is 25.2 Å². The van der Waals surface area contributed by atoms with Gasteiger partial charge in [-0.2, -0.15) is 5.26 Å². The van der Waals surface area contributed by atoms with E-state index < -0.39 is 5.97 Å². The molecule has 2 unspecified atom stereocenters. The summed E-state index contributed by atoms with van der Waals surface area (Å²) >= 11 is 0. The number of aliphatic carboxylic acids is 1. The van der Waals surface area contributed by atoms with Crippen molar-refractivity contribution >= 4 is 5.97 Å². The number of nitrogens with zero attached hydrogens (tertiary/aromatic N) is 3. The predicted octanol–water partition coefficient (Wildman–Crippen LogP) is 6.32. The Labute approximate surface area is 226 Å². The monoisotopic (exact) mass is 517 g/mol. The largest absolute Gasteiger partial charge is 0.492 e. The van der Waals surface area contributed by atoms with Crippen molar-refractivity contribution in [2.45, 2.75) is 45.1 Å². The van der Waals surface area contributed by atoms with Gasteiger partial charge >= 0.3 is 5.97 Å². The van der Waals surface area contributed by atoms with E-state index in [4.69, 9.17) is 9.47 Å². The summed E-state index contributed by atoms with van der Waals surface area (Å²) in [7, 11) is 0. The minimum absolute atomic E-state index is 0.0478. The zero-order valence-electron chi connectivity index (χ0n) is 21.8. The van der Waals surface area contributed by atoms with Crippen LogP contribution in [0.5, 0.6) is 11.5 Å². The topological polar surface area (TPSA) is 105 Å². The molecule has 2 atom stereocenters. The molecule has 0 bridgehead atoms. The summed E-state index contributed by atoms with van der Waals surface area (Å²) < 4.78 is 12.2. The summed E-state index contributed by atoms with van der Waals surface area (Å²) in [4.78, 5) is 19.5. The summed E-state index contributed by atoms with van der Waals surface area (Å²) in [6.07, 6.45) is 6.64. The molecule has 1 aliphatic carbocycles. The minimum Gasteiger partial charge on any atom is -0.492 e. The molecule has 2 aliphatic rings. The number of hydrogen-bond donors (Lipinski definition) is 1. The van der Waals surface area contributed by atoms with Crippen molar-refractivity contribution < 1.29 is 19.4 Å². The number of ether oxygens (including phenoxy) is 2. The molecule has 0 radical (unpaired) electrons. The van der Waals surface area contributed by atoms with Gasteiger partial charge in [-0.3, -0.25) is 4.79 Å². The van der Waals surface area contributed by atoms with Crippen molar-refractivity contribution in [2.24, 2.45) is 0 Å². The number of carboxylic acids is 1. The fourth-order valence-corrected chi connectivity index (χ4v) is 6.01. The SMILES string of the molecule is Cc1cc(-c2cncnc2)cc(C)c1-c1c(C#N)ccc2c1CCC2Oc1ccc2c(c1)OCC2CC(=O)O. The molecular weight excluding hydrogens is 490 g/mol. The highest BCUT2D eigenvalue weighted by molar-refractivity contribution is 5.83. The quantitative estimate of drug-likeness (QED) is 0.319. The smallest absolute Gasteiger partial charge is 0.304 e. The van der Waals surface area contributed by atoms with E-state index in [-0.39, 0.29) is 18.4 Å². The van der Waals surface area contributed by atoms with E-state index in [9.17, 15) is 15.2 Å². The van der Waals surface area contributed by atoms with E-state index in [1.165, 1.54) is 6.33 Å². The van der Waals surface area contributed by atoms with E-state index in [2.05, 4.69) is 42.0 Å². The Morgan fingerprint density at radius 1 is 1.05 bits per heavy atom. The molecule has 1 aliphatic heterocycles. The molecule has 3 aromatic carbocycles. The molecule has 0 spiro atoms. The first-order valence-electron chi connectivity index (χ1n) is 13.0. The molecule has 0 saturated heterocycles. The maximum atomic E-state index is 11.2. The van der Waals surface area contributed by atoms with Gasteiger partial charge in [0.05, 0.1) is 24.7 Å². The van der Waals surface area contributed by atoms with Crippen LogP contribution in [-0.2, 0) is 11.2 Å². The molecule has 2 heterocycles. The van der Waals surface area contributed by atoms with Crippen LogP contribution < -0.4 is 9.47 Å². The van der Waals surface area contributed by atoms with Crippen LogP contribution in [0.1, 0.15) is 58.2 Å². The van der Waals surface area contributed by atoms with Crippen molar-refractivity contribution in [1.29, 1.82) is 5.26 Å². The second-order valence-corrected chi connectivity index (χ2v) is 10.2. The molecule has 7 heteroatoms. The van der Waals surface area contributed by atoms with E-state index in [1.807, 2.05) is 30.3 Å². The Hall–Kier alpha value is -4.70. The highest BCUT2D eigenvalue weighted by Crippen LogP contribution is 2.45. The fourth-order valence-electron chi connectivity index (χ4n) is 6.01. The number of rotatable bonds is 6. The third-order valence-electron chi connectivity index (χ3n) is 7.71. The third kappa shape index (κ3) is 4.48. The standard InChI is InChI=1S/C32H27N3O4/c1-18-9-21(23-14-34-17-35-15-23)10-19(2)31(18)32-20(13-33)3-5-26-27(32)7-8-28(26)39-24-4-6-25-22(11-30(36)37)16-38-29(25)12-24/h3-6,9-10,12,14-15,17,22,28H,7-8,11,16H2,1-2H3,(H,36,37). The lowest BCUT2D eigenvalue weighted by atomic mass is 9.86. The van der Waals surface area contributed by atoms with Gasteiger partial charge in [-0.05, 0) is 72.2 Å². The summed E-state index contributed by atoms with van der Waals surface area (Å²) in [5.74, 6) is 0.405. The van der Waals surface area contributed by atoms with Gasteiger partial charge in [-0.1, -0.05) is 24.3 Å². The Morgan fingerprint density at radius 2 is 1.79 bits per heavy atom. The molecule has 7 nitrogen and oxygen atoms in total. The molecule has 0 amide bonds. The van der Waals surface area contributed by atoms with E-state index in [1.54, 1.807) is 12.4 Å². The Balaban J connectivity index is 1.34. The minimum atomic E-state index is -0.832. The molecule has 0 saturated carbocycles. The van der Waals surface area contributed by atoms with E-state index in [0.29, 0.717) is 23.7 Å². The summed E-state index contributed by atoms with van der Waals surface area (Å²) in [6.45, 7) is 4.54. The Morgan fingerprint density at radius 3 is 2.51 bits per heavy atom.